The summed E-state index contributed by atoms with van der Waals surface area (Å²) in [7, 11) is 0. The van der Waals surface area contributed by atoms with E-state index in [4.69, 9.17) is 5.11 Å². The van der Waals surface area contributed by atoms with Gasteiger partial charge < -0.3 is 5.11 Å². The van der Waals surface area contributed by atoms with E-state index in [9.17, 15) is 9.18 Å². The van der Waals surface area contributed by atoms with Crippen LogP contribution in [0.25, 0.3) is 0 Å². The minimum absolute atomic E-state index is 0.0147. The molecule has 0 saturated carbocycles. The molecule has 1 aliphatic rings. The Kier molecular flexibility index (Phi) is 4.53. The molecule has 0 aliphatic carbocycles. The van der Waals surface area contributed by atoms with Crippen LogP contribution in [0.3, 0.4) is 0 Å². The van der Waals surface area contributed by atoms with Crippen LogP contribution in [-0.2, 0) is 4.79 Å². The normalized spacial score (nSPS) is 22.1. The fraction of sp³-hybridized carbons (Fsp3) is 0.533. The summed E-state index contributed by atoms with van der Waals surface area (Å²) in [6.45, 7) is 2.80. The number of carboxylic acid groups (broad SMARTS) is 1. The highest BCUT2D eigenvalue weighted by atomic mass is 19.1. The Hall–Kier alpha value is -1.42. The lowest BCUT2D eigenvalue weighted by Gasteiger charge is -2.39. The summed E-state index contributed by atoms with van der Waals surface area (Å²) in [5.74, 6) is -0.993. The summed E-state index contributed by atoms with van der Waals surface area (Å²) >= 11 is 0. The second-order valence-corrected chi connectivity index (χ2v) is 5.18. The highest BCUT2D eigenvalue weighted by Crippen LogP contribution is 2.30. The highest BCUT2D eigenvalue weighted by molar-refractivity contribution is 5.67. The van der Waals surface area contributed by atoms with Crippen LogP contribution in [0.5, 0.6) is 0 Å². The molecule has 1 fully saturated rings. The zero-order valence-corrected chi connectivity index (χ0v) is 11.2. The zero-order chi connectivity index (χ0) is 13.8. The Labute approximate surface area is 113 Å². The number of nitrogens with zero attached hydrogens (tertiary/aromatic N) is 1. The van der Waals surface area contributed by atoms with Gasteiger partial charge in [-0.1, -0.05) is 24.6 Å². The third kappa shape index (κ3) is 3.32. The van der Waals surface area contributed by atoms with Crippen molar-refractivity contribution in [1.82, 2.24) is 4.90 Å². The smallest absolute Gasteiger partial charge is 0.304 e. The zero-order valence-electron chi connectivity index (χ0n) is 11.2. The summed E-state index contributed by atoms with van der Waals surface area (Å²) < 4.78 is 13.8. The molecule has 0 bridgehead atoms. The van der Waals surface area contributed by atoms with E-state index in [1.165, 1.54) is 6.07 Å². The summed E-state index contributed by atoms with van der Waals surface area (Å²) in [6, 6.07) is 6.68. The van der Waals surface area contributed by atoms with Crippen LogP contribution in [0.1, 0.15) is 44.2 Å². The van der Waals surface area contributed by atoms with Crippen molar-refractivity contribution in [2.75, 3.05) is 6.54 Å². The van der Waals surface area contributed by atoms with Crippen LogP contribution in [0.4, 0.5) is 4.39 Å². The molecule has 1 aromatic rings. The van der Waals surface area contributed by atoms with E-state index in [0.717, 1.165) is 25.8 Å². The van der Waals surface area contributed by atoms with E-state index in [0.29, 0.717) is 5.56 Å². The van der Waals surface area contributed by atoms with Crippen molar-refractivity contribution in [1.29, 1.82) is 0 Å². The summed E-state index contributed by atoms with van der Waals surface area (Å²) in [5.41, 5.74) is 0.653. The molecule has 104 valence electrons. The van der Waals surface area contributed by atoms with Crippen molar-refractivity contribution < 1.29 is 14.3 Å². The second kappa shape index (κ2) is 6.15. The SMILES string of the molecule is CC(c1ccccc1F)N1CCCCC1CC(=O)O. The quantitative estimate of drug-likeness (QED) is 0.908. The number of halogens is 1. The largest absolute Gasteiger partial charge is 0.481 e. The topological polar surface area (TPSA) is 40.5 Å². The molecular weight excluding hydrogens is 245 g/mol. The van der Waals surface area contributed by atoms with Crippen molar-refractivity contribution in [3.63, 3.8) is 0 Å². The van der Waals surface area contributed by atoms with Crippen LogP contribution >= 0.6 is 0 Å². The Balaban J connectivity index is 2.17. The van der Waals surface area contributed by atoms with Crippen LogP contribution in [-0.4, -0.2) is 28.6 Å². The molecule has 1 N–H and O–H groups in total. The van der Waals surface area contributed by atoms with Crippen LogP contribution in [0.15, 0.2) is 24.3 Å². The van der Waals surface area contributed by atoms with E-state index >= 15 is 0 Å². The summed E-state index contributed by atoms with van der Waals surface area (Å²) in [5, 5.41) is 8.99. The van der Waals surface area contributed by atoms with Crippen molar-refractivity contribution in [2.24, 2.45) is 0 Å². The molecule has 3 nitrogen and oxygen atoms in total. The number of hydrogen-bond donors (Lipinski definition) is 1. The molecule has 4 heteroatoms. The van der Waals surface area contributed by atoms with Crippen LogP contribution < -0.4 is 0 Å². The molecule has 0 radical (unpaired) electrons. The number of hydrogen-bond acceptors (Lipinski definition) is 2. The van der Waals surface area contributed by atoms with Gasteiger partial charge in [0.15, 0.2) is 0 Å². The van der Waals surface area contributed by atoms with Gasteiger partial charge in [0.05, 0.1) is 6.42 Å². The molecule has 1 saturated heterocycles. The molecular formula is C15H20FNO2. The molecule has 0 aromatic heterocycles. The Bertz CT molecular complexity index is 450. The van der Waals surface area contributed by atoms with Gasteiger partial charge >= 0.3 is 5.97 Å². The average Bonchev–Trinajstić information content (AvgIpc) is 2.38. The maximum Gasteiger partial charge on any atom is 0.304 e. The van der Waals surface area contributed by atoms with Gasteiger partial charge in [-0.15, -0.1) is 0 Å². The van der Waals surface area contributed by atoms with Gasteiger partial charge in [-0.3, -0.25) is 9.69 Å². The maximum absolute atomic E-state index is 13.8. The van der Waals surface area contributed by atoms with Gasteiger partial charge in [0.1, 0.15) is 5.82 Å². The maximum atomic E-state index is 13.8. The third-order valence-electron chi connectivity index (χ3n) is 3.94. The van der Waals surface area contributed by atoms with E-state index < -0.39 is 5.97 Å². The number of carbonyl (C=O) groups is 1. The van der Waals surface area contributed by atoms with Crippen molar-refractivity contribution in [2.45, 2.75) is 44.7 Å². The first-order valence-corrected chi connectivity index (χ1v) is 6.81. The molecule has 2 atom stereocenters. The lowest BCUT2D eigenvalue weighted by atomic mass is 9.95. The van der Waals surface area contributed by atoms with Gasteiger partial charge in [-0.25, -0.2) is 4.39 Å². The summed E-state index contributed by atoms with van der Waals surface area (Å²) in [6.07, 6.45) is 3.12. The third-order valence-corrected chi connectivity index (χ3v) is 3.94. The lowest BCUT2D eigenvalue weighted by Crippen LogP contribution is -2.42. The standard InChI is InChI=1S/C15H20FNO2/c1-11(13-7-2-3-8-14(13)16)17-9-5-4-6-12(17)10-15(18)19/h2-3,7-8,11-12H,4-6,9-10H2,1H3,(H,18,19). The first kappa shape index (κ1) is 14.0. The van der Waals surface area contributed by atoms with Gasteiger partial charge in [0.2, 0.25) is 0 Å². The molecule has 1 aromatic carbocycles. The van der Waals surface area contributed by atoms with Crippen molar-refractivity contribution in [3.8, 4) is 0 Å². The fourth-order valence-electron chi connectivity index (χ4n) is 2.95. The van der Waals surface area contributed by atoms with E-state index in [2.05, 4.69) is 4.90 Å². The average molecular weight is 265 g/mol. The van der Waals surface area contributed by atoms with Crippen molar-refractivity contribution in [3.05, 3.63) is 35.6 Å². The minimum Gasteiger partial charge on any atom is -0.481 e. The molecule has 2 rings (SSSR count). The van der Waals surface area contributed by atoms with Crippen molar-refractivity contribution >= 4 is 5.97 Å². The first-order valence-electron chi connectivity index (χ1n) is 6.81. The summed E-state index contributed by atoms with van der Waals surface area (Å²) in [4.78, 5) is 13.1. The molecule has 1 heterocycles. The monoisotopic (exact) mass is 265 g/mol. The van der Waals surface area contributed by atoms with Gasteiger partial charge in [0, 0.05) is 17.6 Å². The van der Waals surface area contributed by atoms with Crippen LogP contribution in [0.2, 0.25) is 0 Å². The molecule has 0 amide bonds. The Morgan fingerprint density at radius 1 is 1.47 bits per heavy atom. The fourth-order valence-corrected chi connectivity index (χ4v) is 2.95. The Morgan fingerprint density at radius 3 is 2.89 bits per heavy atom. The molecule has 0 spiro atoms. The second-order valence-electron chi connectivity index (χ2n) is 5.18. The van der Waals surface area contributed by atoms with Gasteiger partial charge in [-0.2, -0.15) is 0 Å². The predicted molar refractivity (Wildman–Crippen MR) is 71.4 cm³/mol. The highest BCUT2D eigenvalue weighted by Gasteiger charge is 2.29. The van der Waals surface area contributed by atoms with Crippen LogP contribution in [0, 0.1) is 5.82 Å². The first-order chi connectivity index (χ1) is 9.09. The number of carboxylic acids is 1. The number of aliphatic carboxylic acids is 1. The molecule has 2 unspecified atom stereocenters. The molecule has 1 aliphatic heterocycles. The van der Waals surface area contributed by atoms with E-state index in [-0.39, 0.29) is 24.3 Å². The number of rotatable bonds is 4. The number of piperidine rings is 1. The molecule has 19 heavy (non-hydrogen) atoms. The number of benzene rings is 1. The lowest BCUT2D eigenvalue weighted by molar-refractivity contribution is -0.139. The number of likely N-dealkylation sites (tertiary alicyclic amines) is 1. The Morgan fingerprint density at radius 2 is 2.21 bits per heavy atom. The van der Waals surface area contributed by atoms with Gasteiger partial charge in [-0.05, 0) is 32.4 Å². The van der Waals surface area contributed by atoms with E-state index in [1.54, 1.807) is 12.1 Å². The predicted octanol–water partition coefficient (Wildman–Crippen LogP) is 3.22. The minimum atomic E-state index is -0.780. The van der Waals surface area contributed by atoms with Gasteiger partial charge in [0.25, 0.3) is 0 Å². The van der Waals surface area contributed by atoms with E-state index in [1.807, 2.05) is 13.0 Å².